The highest BCUT2D eigenvalue weighted by Gasteiger charge is 2.10. The molecule has 0 aromatic carbocycles. The van der Waals surface area contributed by atoms with E-state index in [1.807, 2.05) is 20.8 Å². The Morgan fingerprint density at radius 2 is 2.00 bits per heavy atom. The summed E-state index contributed by atoms with van der Waals surface area (Å²) in [4.78, 5) is 0. The Morgan fingerprint density at radius 3 is 2.33 bits per heavy atom. The maximum atomic E-state index is 11.7. The van der Waals surface area contributed by atoms with Crippen molar-refractivity contribution < 1.29 is 4.21 Å². The first-order valence-electron chi connectivity index (χ1n) is 4.09. The lowest BCUT2D eigenvalue weighted by molar-refractivity contribution is 0.581. The van der Waals surface area contributed by atoms with E-state index in [9.17, 15) is 4.21 Å². The van der Waals surface area contributed by atoms with Crippen LogP contribution in [0, 0.1) is 0 Å². The van der Waals surface area contributed by atoms with Crippen LogP contribution in [0.2, 0.25) is 0 Å². The molecule has 1 atom stereocenters. The summed E-state index contributed by atoms with van der Waals surface area (Å²) in [7, 11) is -2.00. The minimum absolute atomic E-state index is 0.201. The van der Waals surface area contributed by atoms with Crippen LogP contribution in [0.4, 0.5) is 0 Å². The third-order valence-corrected chi connectivity index (χ3v) is 3.09. The number of allylic oxidation sites excluding steroid dienone is 1. The van der Waals surface area contributed by atoms with Crippen LogP contribution in [0.25, 0.3) is 0 Å². The Hall–Kier alpha value is -0.310. The zero-order valence-electron chi connectivity index (χ0n) is 8.46. The van der Waals surface area contributed by atoms with Crippen molar-refractivity contribution in [2.75, 3.05) is 12.0 Å². The smallest absolute Gasteiger partial charge is 0.0618 e. The van der Waals surface area contributed by atoms with E-state index in [2.05, 4.69) is 10.9 Å². The summed E-state index contributed by atoms with van der Waals surface area (Å²) in [6.07, 6.45) is 4.26. The molecule has 0 heterocycles. The Morgan fingerprint density at radius 1 is 1.50 bits per heavy atom. The molecule has 0 aromatic rings. The van der Waals surface area contributed by atoms with Gasteiger partial charge >= 0.3 is 0 Å². The van der Waals surface area contributed by atoms with Crippen LogP contribution in [0.1, 0.15) is 27.2 Å². The number of hydrogen-bond donors (Lipinski definition) is 0. The highest BCUT2D eigenvalue weighted by atomic mass is 32.2. The van der Waals surface area contributed by atoms with Crippen LogP contribution in [-0.4, -0.2) is 21.8 Å². The lowest BCUT2D eigenvalue weighted by atomic mass is 10.1. The number of rotatable bonds is 3. The van der Waals surface area contributed by atoms with E-state index in [-0.39, 0.29) is 5.54 Å². The zero-order chi connectivity index (χ0) is 9.83. The molecule has 0 radical (unpaired) electrons. The average Bonchev–Trinajstić information content (AvgIpc) is 1.78. The van der Waals surface area contributed by atoms with Crippen molar-refractivity contribution in [3.8, 4) is 0 Å². The summed E-state index contributed by atoms with van der Waals surface area (Å²) in [6.45, 7) is 9.48. The zero-order valence-corrected chi connectivity index (χ0v) is 9.28. The molecule has 0 aromatic heterocycles. The van der Waals surface area contributed by atoms with Crippen molar-refractivity contribution in [3.63, 3.8) is 0 Å². The van der Waals surface area contributed by atoms with Gasteiger partial charge in [0.25, 0.3) is 0 Å². The van der Waals surface area contributed by atoms with E-state index >= 15 is 0 Å². The fourth-order valence-corrected chi connectivity index (χ4v) is 2.78. The first-order chi connectivity index (χ1) is 5.27. The molecule has 0 aliphatic heterocycles. The summed E-state index contributed by atoms with van der Waals surface area (Å²) >= 11 is 0. The SMILES string of the molecule is C=CCCS(C)(=O)=NC(C)(C)C. The van der Waals surface area contributed by atoms with Crippen molar-refractivity contribution >= 4 is 9.73 Å². The average molecular weight is 189 g/mol. The molecule has 0 amide bonds. The number of hydrogen-bond acceptors (Lipinski definition) is 2. The van der Waals surface area contributed by atoms with Gasteiger partial charge in [-0.15, -0.1) is 6.58 Å². The summed E-state index contributed by atoms with van der Waals surface area (Å²) < 4.78 is 16.0. The molecule has 0 N–H and O–H groups in total. The van der Waals surface area contributed by atoms with Crippen molar-refractivity contribution in [2.24, 2.45) is 4.36 Å². The largest absolute Gasteiger partial charge is 0.250 e. The maximum Gasteiger partial charge on any atom is 0.0618 e. The highest BCUT2D eigenvalue weighted by molar-refractivity contribution is 7.92. The lowest BCUT2D eigenvalue weighted by Gasteiger charge is -2.14. The Labute approximate surface area is 76.2 Å². The van der Waals surface area contributed by atoms with Crippen LogP contribution >= 0.6 is 0 Å². The van der Waals surface area contributed by atoms with E-state index in [1.165, 1.54) is 0 Å². The topological polar surface area (TPSA) is 29.4 Å². The molecule has 2 nitrogen and oxygen atoms in total. The molecule has 0 spiro atoms. The predicted molar refractivity (Wildman–Crippen MR) is 55.9 cm³/mol. The van der Waals surface area contributed by atoms with E-state index in [0.717, 1.165) is 6.42 Å². The molecule has 0 aliphatic rings. The standard InChI is InChI=1S/C9H19NOS/c1-6-7-8-12(5,11)10-9(2,3)4/h6H,1,7-8H2,2-5H3. The molecule has 12 heavy (non-hydrogen) atoms. The van der Waals surface area contributed by atoms with Gasteiger partial charge in [-0.1, -0.05) is 6.08 Å². The van der Waals surface area contributed by atoms with Gasteiger partial charge in [0.05, 0.1) is 5.54 Å². The van der Waals surface area contributed by atoms with Crippen molar-refractivity contribution in [2.45, 2.75) is 32.7 Å². The molecule has 72 valence electrons. The molecule has 0 rings (SSSR count). The van der Waals surface area contributed by atoms with Gasteiger partial charge in [0.1, 0.15) is 0 Å². The second kappa shape index (κ2) is 4.08. The molecular weight excluding hydrogens is 170 g/mol. The van der Waals surface area contributed by atoms with Gasteiger partial charge in [-0.25, -0.2) is 4.36 Å². The fourth-order valence-electron chi connectivity index (χ4n) is 0.927. The van der Waals surface area contributed by atoms with Gasteiger partial charge in [-0.2, -0.15) is 0 Å². The molecular formula is C9H19NOS. The quantitative estimate of drug-likeness (QED) is 0.627. The molecule has 0 saturated heterocycles. The minimum atomic E-state index is -2.00. The van der Waals surface area contributed by atoms with Gasteiger partial charge in [0, 0.05) is 21.7 Å². The molecule has 3 heteroatoms. The Balaban J connectivity index is 4.49. The molecule has 0 saturated carbocycles. The molecule has 0 aliphatic carbocycles. The summed E-state index contributed by atoms with van der Waals surface area (Å²) in [5, 5.41) is 0. The van der Waals surface area contributed by atoms with Crippen LogP contribution in [-0.2, 0) is 9.73 Å². The second-order valence-electron chi connectivity index (χ2n) is 4.00. The van der Waals surface area contributed by atoms with Gasteiger partial charge < -0.3 is 0 Å². The monoisotopic (exact) mass is 189 g/mol. The normalized spacial score (nSPS) is 16.7. The van der Waals surface area contributed by atoms with Gasteiger partial charge in [0.15, 0.2) is 0 Å². The van der Waals surface area contributed by atoms with Crippen molar-refractivity contribution in [1.29, 1.82) is 0 Å². The highest BCUT2D eigenvalue weighted by Crippen LogP contribution is 2.10. The maximum absolute atomic E-state index is 11.7. The van der Waals surface area contributed by atoms with Crippen molar-refractivity contribution in [3.05, 3.63) is 12.7 Å². The minimum Gasteiger partial charge on any atom is -0.250 e. The summed E-state index contributed by atoms with van der Waals surface area (Å²) in [5.41, 5.74) is -0.201. The van der Waals surface area contributed by atoms with Crippen LogP contribution < -0.4 is 0 Å². The third-order valence-electron chi connectivity index (χ3n) is 1.17. The molecule has 1 unspecified atom stereocenters. The first kappa shape index (κ1) is 11.7. The van der Waals surface area contributed by atoms with Crippen LogP contribution in [0.15, 0.2) is 17.0 Å². The third kappa shape index (κ3) is 6.40. The van der Waals surface area contributed by atoms with Gasteiger partial charge in [-0.3, -0.25) is 4.21 Å². The second-order valence-corrected chi connectivity index (χ2v) is 6.51. The summed E-state index contributed by atoms with van der Waals surface area (Å²) in [6, 6.07) is 0. The van der Waals surface area contributed by atoms with Gasteiger partial charge in [0.2, 0.25) is 0 Å². The number of nitrogens with zero attached hydrogens (tertiary/aromatic N) is 1. The van der Waals surface area contributed by atoms with Crippen LogP contribution in [0.5, 0.6) is 0 Å². The Bertz CT molecular complexity index is 254. The van der Waals surface area contributed by atoms with E-state index in [4.69, 9.17) is 0 Å². The van der Waals surface area contributed by atoms with Crippen LogP contribution in [0.3, 0.4) is 0 Å². The molecule has 0 bridgehead atoms. The predicted octanol–water partition coefficient (Wildman–Crippen LogP) is 2.46. The van der Waals surface area contributed by atoms with E-state index in [0.29, 0.717) is 5.75 Å². The first-order valence-corrected chi connectivity index (χ1v) is 6.18. The van der Waals surface area contributed by atoms with Gasteiger partial charge in [-0.05, 0) is 27.2 Å². The molecule has 0 fully saturated rings. The fraction of sp³-hybridized carbons (Fsp3) is 0.778. The van der Waals surface area contributed by atoms with Crippen molar-refractivity contribution in [1.82, 2.24) is 0 Å². The van der Waals surface area contributed by atoms with E-state index in [1.54, 1.807) is 12.3 Å². The summed E-state index contributed by atoms with van der Waals surface area (Å²) in [5.74, 6) is 0.619. The van der Waals surface area contributed by atoms with E-state index < -0.39 is 9.73 Å². The Kier molecular flexibility index (Phi) is 3.97. The lowest BCUT2D eigenvalue weighted by Crippen LogP contribution is -2.15.